The molecule has 0 aliphatic rings. The van der Waals surface area contributed by atoms with E-state index in [1.807, 2.05) is 12.1 Å². The summed E-state index contributed by atoms with van der Waals surface area (Å²) in [7, 11) is 3.31. The molecule has 0 radical (unpaired) electrons. The van der Waals surface area contributed by atoms with Crippen molar-refractivity contribution in [3.05, 3.63) is 53.6 Å². The number of para-hydroxylation sites is 1. The minimum Gasteiger partial charge on any atom is -0.493 e. The first-order valence-corrected chi connectivity index (χ1v) is 9.84. The Labute approximate surface area is 173 Å². The molecule has 6 nitrogen and oxygen atoms in total. The molecule has 0 N–H and O–H groups in total. The Balaban J connectivity index is 2.22. The average Bonchev–Trinajstić information content (AvgIpc) is 2.74. The first kappa shape index (κ1) is 22.4. The standard InChI is InChI=1S/C23H30N2O4/c1-6-25(7-2)15-14-24(4)23(27)19-10-8-9-11-20(19)29-21-13-12-18(17(3)26)16-22(21)28-5/h8-13,16H,6-7,14-15H2,1-5H3. The third-order valence-electron chi connectivity index (χ3n) is 4.90. The molecule has 0 heterocycles. The van der Waals surface area contributed by atoms with Crippen LogP contribution in [0.1, 0.15) is 41.5 Å². The van der Waals surface area contributed by atoms with E-state index in [4.69, 9.17) is 9.47 Å². The van der Waals surface area contributed by atoms with Crippen LogP contribution in [0.4, 0.5) is 0 Å². The largest absolute Gasteiger partial charge is 0.493 e. The molecule has 0 bridgehead atoms. The third-order valence-corrected chi connectivity index (χ3v) is 4.90. The molecule has 1 amide bonds. The van der Waals surface area contributed by atoms with Gasteiger partial charge in [0.25, 0.3) is 5.91 Å². The summed E-state index contributed by atoms with van der Waals surface area (Å²) in [6.07, 6.45) is 0. The number of ketones is 1. The molecule has 0 saturated carbocycles. The van der Waals surface area contributed by atoms with Crippen LogP contribution in [0.25, 0.3) is 0 Å². The summed E-state index contributed by atoms with van der Waals surface area (Å²) in [4.78, 5) is 28.6. The van der Waals surface area contributed by atoms with Gasteiger partial charge in [0, 0.05) is 25.7 Å². The summed E-state index contributed by atoms with van der Waals surface area (Å²) in [5.41, 5.74) is 1.02. The molecular weight excluding hydrogens is 368 g/mol. The fourth-order valence-corrected chi connectivity index (χ4v) is 2.96. The van der Waals surface area contributed by atoms with Gasteiger partial charge in [0.15, 0.2) is 17.3 Å². The predicted molar refractivity (Wildman–Crippen MR) is 114 cm³/mol. The number of Topliss-reactive ketones (excluding diaryl/α,β-unsaturated/α-hetero) is 1. The predicted octanol–water partition coefficient (Wildman–Crippen LogP) is 4.10. The Morgan fingerprint density at radius 3 is 2.24 bits per heavy atom. The van der Waals surface area contributed by atoms with E-state index in [0.717, 1.165) is 19.6 Å². The molecule has 0 unspecified atom stereocenters. The zero-order valence-corrected chi connectivity index (χ0v) is 17.9. The molecule has 6 heteroatoms. The van der Waals surface area contributed by atoms with Gasteiger partial charge in [0.2, 0.25) is 0 Å². The van der Waals surface area contributed by atoms with Gasteiger partial charge < -0.3 is 19.3 Å². The SMILES string of the molecule is CCN(CC)CCN(C)C(=O)c1ccccc1Oc1ccc(C(C)=O)cc1OC. The van der Waals surface area contributed by atoms with Crippen molar-refractivity contribution < 1.29 is 19.1 Å². The summed E-state index contributed by atoms with van der Waals surface area (Å²) >= 11 is 0. The van der Waals surface area contributed by atoms with Crippen LogP contribution in [0.3, 0.4) is 0 Å². The monoisotopic (exact) mass is 398 g/mol. The quantitative estimate of drug-likeness (QED) is 0.564. The van der Waals surface area contributed by atoms with E-state index in [1.54, 1.807) is 42.3 Å². The van der Waals surface area contributed by atoms with Gasteiger partial charge in [-0.05, 0) is 50.3 Å². The Morgan fingerprint density at radius 2 is 1.62 bits per heavy atom. The molecule has 0 saturated heterocycles. The fraction of sp³-hybridized carbons (Fsp3) is 0.391. The molecule has 0 aliphatic heterocycles. The second kappa shape index (κ2) is 10.6. The van der Waals surface area contributed by atoms with Crippen LogP contribution in [0.5, 0.6) is 17.2 Å². The number of carbonyl (C=O) groups excluding carboxylic acids is 2. The fourth-order valence-electron chi connectivity index (χ4n) is 2.96. The average molecular weight is 399 g/mol. The number of amides is 1. The first-order valence-electron chi connectivity index (χ1n) is 9.84. The molecule has 0 fully saturated rings. The van der Waals surface area contributed by atoms with Gasteiger partial charge in [-0.2, -0.15) is 0 Å². The van der Waals surface area contributed by atoms with Gasteiger partial charge in [-0.15, -0.1) is 0 Å². The number of methoxy groups -OCH3 is 1. The third kappa shape index (κ3) is 5.81. The highest BCUT2D eigenvalue weighted by atomic mass is 16.5. The lowest BCUT2D eigenvalue weighted by Gasteiger charge is -2.24. The van der Waals surface area contributed by atoms with Crippen LogP contribution in [0, 0.1) is 0 Å². The topological polar surface area (TPSA) is 59.1 Å². The van der Waals surface area contributed by atoms with Gasteiger partial charge in [0.1, 0.15) is 5.75 Å². The zero-order valence-electron chi connectivity index (χ0n) is 17.9. The zero-order chi connectivity index (χ0) is 21.4. The van der Waals surface area contributed by atoms with Crippen molar-refractivity contribution >= 4 is 11.7 Å². The molecule has 2 rings (SSSR count). The van der Waals surface area contributed by atoms with Crippen molar-refractivity contribution in [1.29, 1.82) is 0 Å². The normalized spacial score (nSPS) is 10.7. The lowest BCUT2D eigenvalue weighted by molar-refractivity contribution is 0.0777. The highest BCUT2D eigenvalue weighted by Crippen LogP contribution is 2.34. The maximum absolute atomic E-state index is 13.0. The summed E-state index contributed by atoms with van der Waals surface area (Å²) < 4.78 is 11.4. The summed E-state index contributed by atoms with van der Waals surface area (Å²) in [6, 6.07) is 12.1. The number of rotatable bonds is 10. The van der Waals surface area contributed by atoms with Crippen molar-refractivity contribution in [3.8, 4) is 17.2 Å². The summed E-state index contributed by atoms with van der Waals surface area (Å²) in [5, 5.41) is 0. The number of ether oxygens (including phenoxy) is 2. The van der Waals surface area contributed by atoms with E-state index in [0.29, 0.717) is 34.9 Å². The van der Waals surface area contributed by atoms with Gasteiger partial charge in [-0.25, -0.2) is 0 Å². The molecule has 0 spiro atoms. The van der Waals surface area contributed by atoms with Crippen LogP contribution in [0.15, 0.2) is 42.5 Å². The first-order chi connectivity index (χ1) is 13.9. The number of nitrogens with zero attached hydrogens (tertiary/aromatic N) is 2. The van der Waals surface area contributed by atoms with E-state index >= 15 is 0 Å². The minimum atomic E-state index is -0.105. The molecule has 0 aliphatic carbocycles. The van der Waals surface area contributed by atoms with Gasteiger partial charge in [0.05, 0.1) is 12.7 Å². The highest BCUT2D eigenvalue weighted by Gasteiger charge is 2.19. The summed E-state index contributed by atoms with van der Waals surface area (Å²) in [5.74, 6) is 1.17. The Kier molecular flexibility index (Phi) is 8.21. The maximum atomic E-state index is 13.0. The Bertz CT molecular complexity index is 847. The van der Waals surface area contributed by atoms with E-state index in [9.17, 15) is 9.59 Å². The molecule has 2 aromatic carbocycles. The number of carbonyl (C=O) groups is 2. The summed E-state index contributed by atoms with van der Waals surface area (Å²) in [6.45, 7) is 9.07. The van der Waals surface area contributed by atoms with Crippen molar-refractivity contribution in [1.82, 2.24) is 9.80 Å². The van der Waals surface area contributed by atoms with Gasteiger partial charge in [-0.1, -0.05) is 26.0 Å². The molecule has 0 atom stereocenters. The van der Waals surface area contributed by atoms with Crippen LogP contribution in [-0.2, 0) is 0 Å². The lowest BCUT2D eigenvalue weighted by atomic mass is 10.1. The van der Waals surface area contributed by atoms with Crippen molar-refractivity contribution in [3.63, 3.8) is 0 Å². The van der Waals surface area contributed by atoms with Gasteiger partial charge >= 0.3 is 0 Å². The molecule has 29 heavy (non-hydrogen) atoms. The highest BCUT2D eigenvalue weighted by molar-refractivity contribution is 5.97. The van der Waals surface area contributed by atoms with Crippen molar-refractivity contribution in [2.75, 3.05) is 40.3 Å². The minimum absolute atomic E-state index is 0.0553. The number of likely N-dealkylation sites (N-methyl/N-ethyl adjacent to an activating group) is 2. The number of benzene rings is 2. The maximum Gasteiger partial charge on any atom is 0.257 e. The molecular formula is C23H30N2O4. The van der Waals surface area contributed by atoms with E-state index < -0.39 is 0 Å². The van der Waals surface area contributed by atoms with Crippen molar-refractivity contribution in [2.24, 2.45) is 0 Å². The van der Waals surface area contributed by atoms with Gasteiger partial charge in [-0.3, -0.25) is 9.59 Å². The van der Waals surface area contributed by atoms with E-state index in [-0.39, 0.29) is 11.7 Å². The van der Waals surface area contributed by atoms with Crippen LogP contribution in [0.2, 0.25) is 0 Å². The number of hydrogen-bond donors (Lipinski definition) is 0. The lowest BCUT2D eigenvalue weighted by Crippen LogP contribution is -2.36. The molecule has 0 aromatic heterocycles. The second-order valence-electron chi connectivity index (χ2n) is 6.77. The Morgan fingerprint density at radius 1 is 0.931 bits per heavy atom. The van der Waals surface area contributed by atoms with Crippen LogP contribution >= 0.6 is 0 Å². The van der Waals surface area contributed by atoms with Crippen molar-refractivity contribution in [2.45, 2.75) is 20.8 Å². The van der Waals surface area contributed by atoms with Crippen LogP contribution in [-0.4, -0.2) is 61.8 Å². The molecule has 2 aromatic rings. The van der Waals surface area contributed by atoms with E-state index in [2.05, 4.69) is 18.7 Å². The van der Waals surface area contributed by atoms with E-state index in [1.165, 1.54) is 14.0 Å². The van der Waals surface area contributed by atoms with Crippen LogP contribution < -0.4 is 9.47 Å². The second-order valence-corrected chi connectivity index (χ2v) is 6.77. The Hall–Kier alpha value is -2.86. The molecule has 156 valence electrons. The smallest absolute Gasteiger partial charge is 0.257 e. The number of hydrogen-bond acceptors (Lipinski definition) is 5.